The summed E-state index contributed by atoms with van der Waals surface area (Å²) in [7, 11) is 0. The summed E-state index contributed by atoms with van der Waals surface area (Å²) in [5.74, 6) is -0.371. The van der Waals surface area contributed by atoms with Crippen LogP contribution in [0.1, 0.15) is 23.7 Å². The molecule has 0 N–H and O–H groups in total. The molecular weight excluding hydrogens is 221 g/mol. The fraction of sp³-hybridized carbons (Fsp3) is 0.462. The van der Waals surface area contributed by atoms with Crippen molar-refractivity contribution in [3.05, 3.63) is 29.6 Å². The second-order valence-electron chi connectivity index (χ2n) is 4.21. The standard InChI is InChI=1S/C13H16FNO2/c1-2-13-8-15(3-4-17-13)12-6-10(9-16)5-11(14)7-12/h5-7,9,13H,2-4,8H2,1H3. The van der Waals surface area contributed by atoms with E-state index in [4.69, 9.17) is 4.74 Å². The van der Waals surface area contributed by atoms with Crippen molar-refractivity contribution in [2.75, 3.05) is 24.6 Å². The Morgan fingerprint density at radius 1 is 1.53 bits per heavy atom. The quantitative estimate of drug-likeness (QED) is 0.755. The van der Waals surface area contributed by atoms with Gasteiger partial charge in [-0.25, -0.2) is 4.39 Å². The molecule has 1 aliphatic heterocycles. The number of ether oxygens (including phenoxy) is 1. The van der Waals surface area contributed by atoms with Crippen molar-refractivity contribution in [3.63, 3.8) is 0 Å². The van der Waals surface area contributed by atoms with E-state index in [9.17, 15) is 9.18 Å². The van der Waals surface area contributed by atoms with Crippen LogP contribution in [-0.2, 0) is 4.74 Å². The summed E-state index contributed by atoms with van der Waals surface area (Å²) in [5, 5.41) is 0. The third-order valence-corrected chi connectivity index (χ3v) is 3.00. The predicted molar refractivity (Wildman–Crippen MR) is 64.0 cm³/mol. The van der Waals surface area contributed by atoms with Crippen LogP contribution in [0.2, 0.25) is 0 Å². The van der Waals surface area contributed by atoms with Gasteiger partial charge in [0.15, 0.2) is 0 Å². The Morgan fingerprint density at radius 3 is 3.06 bits per heavy atom. The minimum Gasteiger partial charge on any atom is -0.375 e. The summed E-state index contributed by atoms with van der Waals surface area (Å²) < 4.78 is 18.9. The largest absolute Gasteiger partial charge is 0.375 e. The summed E-state index contributed by atoms with van der Waals surface area (Å²) in [4.78, 5) is 12.8. The molecule has 3 nitrogen and oxygen atoms in total. The molecule has 1 saturated heterocycles. The number of nitrogens with zero attached hydrogens (tertiary/aromatic N) is 1. The van der Waals surface area contributed by atoms with E-state index in [2.05, 4.69) is 11.8 Å². The molecule has 4 heteroatoms. The van der Waals surface area contributed by atoms with Gasteiger partial charge in [-0.1, -0.05) is 6.92 Å². The van der Waals surface area contributed by atoms with Crippen LogP contribution in [0.5, 0.6) is 0 Å². The molecule has 1 atom stereocenters. The lowest BCUT2D eigenvalue weighted by molar-refractivity contribution is 0.0384. The first-order chi connectivity index (χ1) is 8.22. The van der Waals surface area contributed by atoms with Crippen molar-refractivity contribution < 1.29 is 13.9 Å². The average molecular weight is 237 g/mol. The molecule has 0 saturated carbocycles. The zero-order valence-corrected chi connectivity index (χ0v) is 9.86. The maximum Gasteiger partial charge on any atom is 0.150 e. The first-order valence-electron chi connectivity index (χ1n) is 5.85. The van der Waals surface area contributed by atoms with Gasteiger partial charge >= 0.3 is 0 Å². The molecule has 2 rings (SSSR count). The van der Waals surface area contributed by atoms with E-state index in [1.54, 1.807) is 6.07 Å². The Labute approximate surface area is 100 Å². The summed E-state index contributed by atoms with van der Waals surface area (Å²) in [6.45, 7) is 4.19. The van der Waals surface area contributed by atoms with Gasteiger partial charge in [0, 0.05) is 24.3 Å². The molecule has 0 aliphatic carbocycles. The highest BCUT2D eigenvalue weighted by atomic mass is 19.1. The van der Waals surface area contributed by atoms with E-state index in [0.717, 1.165) is 25.2 Å². The van der Waals surface area contributed by atoms with E-state index in [1.807, 2.05) is 0 Å². The number of aldehydes is 1. The summed E-state index contributed by atoms with van der Waals surface area (Å²) in [6.07, 6.45) is 1.79. The van der Waals surface area contributed by atoms with Gasteiger partial charge in [0.2, 0.25) is 0 Å². The molecule has 1 aromatic rings. The van der Waals surface area contributed by atoms with Crippen LogP contribution < -0.4 is 4.90 Å². The monoisotopic (exact) mass is 237 g/mol. The average Bonchev–Trinajstić information content (AvgIpc) is 2.38. The maximum absolute atomic E-state index is 13.3. The second-order valence-corrected chi connectivity index (χ2v) is 4.21. The Kier molecular flexibility index (Phi) is 3.74. The number of carbonyl (C=O) groups excluding carboxylic acids is 1. The molecule has 0 spiro atoms. The SMILES string of the molecule is CCC1CN(c2cc(F)cc(C=O)c2)CCO1. The highest BCUT2D eigenvalue weighted by Gasteiger charge is 2.19. The third kappa shape index (κ3) is 2.82. The van der Waals surface area contributed by atoms with E-state index in [0.29, 0.717) is 18.5 Å². The van der Waals surface area contributed by atoms with Crippen molar-refractivity contribution in [3.8, 4) is 0 Å². The Balaban J connectivity index is 2.20. The van der Waals surface area contributed by atoms with Gasteiger partial charge in [0.25, 0.3) is 0 Å². The molecule has 1 aliphatic rings. The van der Waals surface area contributed by atoms with Crippen molar-refractivity contribution in [1.82, 2.24) is 0 Å². The lowest BCUT2D eigenvalue weighted by atomic mass is 10.1. The van der Waals surface area contributed by atoms with Crippen LogP contribution in [-0.4, -0.2) is 32.1 Å². The molecule has 1 heterocycles. The number of morpholine rings is 1. The van der Waals surface area contributed by atoms with Crippen LogP contribution in [0.3, 0.4) is 0 Å². The van der Waals surface area contributed by atoms with Crippen LogP contribution >= 0.6 is 0 Å². The van der Waals surface area contributed by atoms with Crippen molar-refractivity contribution in [2.45, 2.75) is 19.4 Å². The van der Waals surface area contributed by atoms with Gasteiger partial charge in [-0.05, 0) is 24.6 Å². The predicted octanol–water partition coefficient (Wildman–Crippen LogP) is 2.25. The zero-order chi connectivity index (χ0) is 12.3. The van der Waals surface area contributed by atoms with Crippen molar-refractivity contribution in [2.24, 2.45) is 0 Å². The Hall–Kier alpha value is -1.42. The fourth-order valence-corrected chi connectivity index (χ4v) is 2.05. The van der Waals surface area contributed by atoms with Crippen molar-refractivity contribution >= 4 is 12.0 Å². The van der Waals surface area contributed by atoms with Crippen LogP contribution in [0.25, 0.3) is 0 Å². The maximum atomic E-state index is 13.3. The first kappa shape index (κ1) is 12.0. The molecule has 0 amide bonds. The number of halogens is 1. The number of rotatable bonds is 3. The normalized spacial score (nSPS) is 20.4. The molecule has 17 heavy (non-hydrogen) atoms. The molecule has 0 aromatic heterocycles. The van der Waals surface area contributed by atoms with E-state index in [-0.39, 0.29) is 11.9 Å². The van der Waals surface area contributed by atoms with E-state index < -0.39 is 0 Å². The summed E-state index contributed by atoms with van der Waals surface area (Å²) in [6, 6.07) is 4.42. The molecular formula is C13H16FNO2. The van der Waals surface area contributed by atoms with E-state index in [1.165, 1.54) is 12.1 Å². The lowest BCUT2D eigenvalue weighted by Crippen LogP contribution is -2.42. The number of anilines is 1. The number of hydrogen-bond acceptors (Lipinski definition) is 3. The van der Waals surface area contributed by atoms with Gasteiger partial charge in [0.05, 0.1) is 12.7 Å². The number of hydrogen-bond donors (Lipinski definition) is 0. The smallest absolute Gasteiger partial charge is 0.150 e. The Bertz CT molecular complexity index is 408. The summed E-state index contributed by atoms with van der Waals surface area (Å²) >= 11 is 0. The topological polar surface area (TPSA) is 29.5 Å². The minimum atomic E-state index is -0.371. The molecule has 0 bridgehead atoms. The minimum absolute atomic E-state index is 0.187. The second kappa shape index (κ2) is 5.27. The highest BCUT2D eigenvalue weighted by molar-refractivity contribution is 5.77. The third-order valence-electron chi connectivity index (χ3n) is 3.00. The molecule has 0 radical (unpaired) electrons. The first-order valence-corrected chi connectivity index (χ1v) is 5.85. The zero-order valence-electron chi connectivity index (χ0n) is 9.86. The van der Waals surface area contributed by atoms with Gasteiger partial charge in [-0.3, -0.25) is 4.79 Å². The Morgan fingerprint density at radius 2 is 2.35 bits per heavy atom. The fourth-order valence-electron chi connectivity index (χ4n) is 2.05. The molecule has 92 valence electrons. The lowest BCUT2D eigenvalue weighted by Gasteiger charge is -2.34. The van der Waals surface area contributed by atoms with Gasteiger partial charge in [-0.2, -0.15) is 0 Å². The summed E-state index contributed by atoms with van der Waals surface area (Å²) in [5.41, 5.74) is 1.13. The molecule has 1 unspecified atom stereocenters. The van der Waals surface area contributed by atoms with E-state index >= 15 is 0 Å². The van der Waals surface area contributed by atoms with Crippen LogP contribution in [0.15, 0.2) is 18.2 Å². The molecule has 1 aromatic carbocycles. The van der Waals surface area contributed by atoms with Gasteiger partial charge < -0.3 is 9.64 Å². The van der Waals surface area contributed by atoms with Crippen LogP contribution in [0, 0.1) is 5.82 Å². The van der Waals surface area contributed by atoms with Gasteiger partial charge in [-0.15, -0.1) is 0 Å². The number of carbonyl (C=O) groups is 1. The molecule has 1 fully saturated rings. The van der Waals surface area contributed by atoms with Crippen LogP contribution in [0.4, 0.5) is 10.1 Å². The van der Waals surface area contributed by atoms with Crippen molar-refractivity contribution in [1.29, 1.82) is 0 Å². The highest BCUT2D eigenvalue weighted by Crippen LogP contribution is 2.21. The van der Waals surface area contributed by atoms with Gasteiger partial charge in [0.1, 0.15) is 12.1 Å². The number of benzene rings is 1.